The normalized spacial score (nSPS) is 11.1. The Balaban J connectivity index is 1.77. The first kappa shape index (κ1) is 24.8. The minimum absolute atomic E-state index is 0.0190. The van der Waals surface area contributed by atoms with Gasteiger partial charge in [0.25, 0.3) is 0 Å². The predicted molar refractivity (Wildman–Crippen MR) is 149 cm³/mol. The number of phenols is 5. The molecular weight excluding hydrogens is 476 g/mol. The first-order valence-electron chi connectivity index (χ1n) is 12.3. The van der Waals surface area contributed by atoms with Gasteiger partial charge < -0.3 is 25.5 Å². The van der Waals surface area contributed by atoms with E-state index >= 15 is 0 Å². The molecule has 5 aromatic carbocycles. The van der Waals surface area contributed by atoms with Gasteiger partial charge in [0.2, 0.25) is 0 Å². The first-order chi connectivity index (χ1) is 18.2. The monoisotopic (exact) mass is 504 g/mol. The van der Waals surface area contributed by atoms with E-state index in [0.29, 0.717) is 22.3 Å². The maximum absolute atomic E-state index is 11.2. The van der Waals surface area contributed by atoms with E-state index in [1.807, 2.05) is 38.1 Å². The fraction of sp³-hybridized carbons (Fsp3) is 0.0909. The lowest BCUT2D eigenvalue weighted by Crippen LogP contribution is -2.07. The average Bonchev–Trinajstić information content (AvgIpc) is 2.90. The van der Waals surface area contributed by atoms with Crippen LogP contribution in [0.15, 0.2) is 97.1 Å². The van der Waals surface area contributed by atoms with E-state index < -0.39 is 5.92 Å². The molecule has 0 heterocycles. The molecular formula is C33H28O5. The Morgan fingerprint density at radius 2 is 0.868 bits per heavy atom. The number of rotatable bonds is 5. The summed E-state index contributed by atoms with van der Waals surface area (Å²) in [5.41, 5.74) is 6.49. The Labute approximate surface area is 221 Å². The van der Waals surface area contributed by atoms with Gasteiger partial charge in [0.05, 0.1) is 0 Å². The van der Waals surface area contributed by atoms with Crippen LogP contribution in [0.3, 0.4) is 0 Å². The Kier molecular flexibility index (Phi) is 6.43. The van der Waals surface area contributed by atoms with E-state index in [9.17, 15) is 25.5 Å². The van der Waals surface area contributed by atoms with Crippen molar-refractivity contribution in [1.29, 1.82) is 0 Å². The van der Waals surface area contributed by atoms with Crippen molar-refractivity contribution in [2.24, 2.45) is 0 Å². The molecule has 0 unspecified atom stereocenters. The number of aryl methyl sites for hydroxylation is 2. The van der Waals surface area contributed by atoms with Crippen LogP contribution in [0.25, 0.3) is 22.3 Å². The fourth-order valence-electron chi connectivity index (χ4n) is 4.95. The number of hydrogen-bond donors (Lipinski definition) is 5. The van der Waals surface area contributed by atoms with Crippen LogP contribution >= 0.6 is 0 Å². The third-order valence-electron chi connectivity index (χ3n) is 6.86. The van der Waals surface area contributed by atoms with E-state index in [1.54, 1.807) is 72.8 Å². The molecule has 0 saturated heterocycles. The van der Waals surface area contributed by atoms with Crippen molar-refractivity contribution < 1.29 is 25.5 Å². The summed E-state index contributed by atoms with van der Waals surface area (Å²) in [6.07, 6.45) is 0. The van der Waals surface area contributed by atoms with Gasteiger partial charge in [0, 0.05) is 22.6 Å². The van der Waals surface area contributed by atoms with Crippen LogP contribution in [-0.4, -0.2) is 25.5 Å². The van der Waals surface area contributed by atoms with Gasteiger partial charge in [-0.05, 0) is 90.2 Å². The minimum atomic E-state index is -0.706. The third-order valence-corrected chi connectivity index (χ3v) is 6.86. The van der Waals surface area contributed by atoms with E-state index in [2.05, 4.69) is 0 Å². The molecule has 0 radical (unpaired) electrons. The van der Waals surface area contributed by atoms with Gasteiger partial charge in [-0.15, -0.1) is 0 Å². The summed E-state index contributed by atoms with van der Waals surface area (Å²) in [5.74, 6) is -0.272. The zero-order valence-electron chi connectivity index (χ0n) is 21.1. The zero-order valence-corrected chi connectivity index (χ0v) is 21.1. The molecule has 5 heteroatoms. The number of aromatic hydroxyl groups is 5. The van der Waals surface area contributed by atoms with Crippen molar-refractivity contribution in [2.75, 3.05) is 0 Å². The highest BCUT2D eigenvalue weighted by molar-refractivity contribution is 5.71. The van der Waals surface area contributed by atoms with Gasteiger partial charge in [-0.2, -0.15) is 0 Å². The number of phenolic OH excluding ortho intramolecular Hbond substituents is 5. The molecule has 0 aliphatic heterocycles. The second-order valence-electron chi connectivity index (χ2n) is 9.59. The second kappa shape index (κ2) is 9.87. The van der Waals surface area contributed by atoms with Crippen molar-refractivity contribution in [3.05, 3.63) is 125 Å². The summed E-state index contributed by atoms with van der Waals surface area (Å²) in [4.78, 5) is 0. The van der Waals surface area contributed by atoms with Gasteiger partial charge in [0.1, 0.15) is 28.7 Å². The largest absolute Gasteiger partial charge is 0.508 e. The summed E-state index contributed by atoms with van der Waals surface area (Å²) in [5, 5.41) is 52.9. The molecule has 0 spiro atoms. The topological polar surface area (TPSA) is 101 Å². The highest BCUT2D eigenvalue weighted by Crippen LogP contribution is 2.46. The van der Waals surface area contributed by atoms with Gasteiger partial charge in [-0.3, -0.25) is 0 Å². The lowest BCUT2D eigenvalue weighted by molar-refractivity contribution is 0.449. The van der Waals surface area contributed by atoms with E-state index in [-0.39, 0.29) is 28.7 Å². The molecule has 0 aliphatic rings. The first-order valence-corrected chi connectivity index (χ1v) is 12.3. The van der Waals surface area contributed by atoms with Crippen LogP contribution in [-0.2, 0) is 0 Å². The molecule has 0 bridgehead atoms. The van der Waals surface area contributed by atoms with Gasteiger partial charge in [-0.25, -0.2) is 0 Å². The van der Waals surface area contributed by atoms with E-state index in [0.717, 1.165) is 27.8 Å². The van der Waals surface area contributed by atoms with Gasteiger partial charge >= 0.3 is 0 Å². The summed E-state index contributed by atoms with van der Waals surface area (Å²) < 4.78 is 0. The molecule has 5 aromatic rings. The highest BCUT2D eigenvalue weighted by Gasteiger charge is 2.27. The molecule has 0 atom stereocenters. The Morgan fingerprint density at radius 1 is 0.447 bits per heavy atom. The molecule has 5 rings (SSSR count). The molecule has 0 fully saturated rings. The fourth-order valence-corrected chi connectivity index (χ4v) is 4.95. The quantitative estimate of drug-likeness (QED) is 0.161. The molecule has 0 saturated carbocycles. The maximum atomic E-state index is 11.2. The van der Waals surface area contributed by atoms with Crippen LogP contribution in [0.2, 0.25) is 0 Å². The summed E-state index contributed by atoms with van der Waals surface area (Å²) in [7, 11) is 0. The van der Waals surface area contributed by atoms with Crippen molar-refractivity contribution >= 4 is 0 Å². The highest BCUT2D eigenvalue weighted by atomic mass is 16.3. The minimum Gasteiger partial charge on any atom is -0.508 e. The van der Waals surface area contributed by atoms with Crippen LogP contribution in [0, 0.1) is 13.8 Å². The van der Waals surface area contributed by atoms with E-state index in [1.165, 1.54) is 0 Å². The van der Waals surface area contributed by atoms with Crippen molar-refractivity contribution in [1.82, 2.24) is 0 Å². The molecule has 38 heavy (non-hydrogen) atoms. The van der Waals surface area contributed by atoms with Crippen molar-refractivity contribution in [3.8, 4) is 51.0 Å². The molecule has 0 amide bonds. The maximum Gasteiger partial charge on any atom is 0.122 e. The van der Waals surface area contributed by atoms with Crippen LogP contribution in [0.1, 0.15) is 33.7 Å². The average molecular weight is 505 g/mol. The Hall–Kier alpha value is -4.90. The molecule has 190 valence electrons. The Morgan fingerprint density at radius 3 is 1.32 bits per heavy atom. The summed E-state index contributed by atoms with van der Waals surface area (Å²) in [6, 6.07) is 27.8. The molecule has 0 aliphatic carbocycles. The molecule has 5 nitrogen and oxygen atoms in total. The van der Waals surface area contributed by atoms with Crippen molar-refractivity contribution in [2.45, 2.75) is 19.8 Å². The van der Waals surface area contributed by atoms with Crippen LogP contribution in [0.5, 0.6) is 28.7 Å². The van der Waals surface area contributed by atoms with Crippen LogP contribution < -0.4 is 0 Å². The van der Waals surface area contributed by atoms with Gasteiger partial charge in [0.15, 0.2) is 0 Å². The lowest BCUT2D eigenvalue weighted by Gasteiger charge is -2.24. The molecule has 0 aromatic heterocycles. The van der Waals surface area contributed by atoms with Gasteiger partial charge in [-0.1, -0.05) is 54.1 Å². The zero-order chi connectivity index (χ0) is 27.0. The summed E-state index contributed by atoms with van der Waals surface area (Å²) >= 11 is 0. The Bertz CT molecular complexity index is 1520. The molecule has 5 N–H and O–H groups in total. The standard InChI is InChI=1S/C33H28O5/c1-19-15-20(2)33(38)29(16-19)32(27-17-23(7-13-30(27)36)21-3-9-25(34)10-4-21)28-18-24(8-14-31(28)37)22-5-11-26(35)12-6-22/h3-18,32,34-38H,1-2H3. The van der Waals surface area contributed by atoms with E-state index in [4.69, 9.17) is 0 Å². The second-order valence-corrected chi connectivity index (χ2v) is 9.59. The predicted octanol–water partition coefficient (Wildman–Crippen LogP) is 7.35. The number of benzene rings is 5. The van der Waals surface area contributed by atoms with Crippen LogP contribution in [0.4, 0.5) is 0 Å². The smallest absolute Gasteiger partial charge is 0.122 e. The lowest BCUT2D eigenvalue weighted by atomic mass is 9.80. The SMILES string of the molecule is Cc1cc(C)c(O)c(C(c2cc(-c3ccc(O)cc3)ccc2O)c2cc(-c3ccc(O)cc3)ccc2O)c1. The third kappa shape index (κ3) is 4.74. The summed E-state index contributed by atoms with van der Waals surface area (Å²) in [6.45, 7) is 3.76. The van der Waals surface area contributed by atoms with Crippen molar-refractivity contribution in [3.63, 3.8) is 0 Å². The number of hydrogen-bond acceptors (Lipinski definition) is 5.